The zero-order chi connectivity index (χ0) is 14.8. The number of halogens is 2. The van der Waals surface area contributed by atoms with E-state index in [4.69, 9.17) is 9.47 Å². The molecule has 0 radical (unpaired) electrons. The van der Waals surface area contributed by atoms with Crippen LogP contribution in [0.15, 0.2) is 16.6 Å². The van der Waals surface area contributed by atoms with Gasteiger partial charge in [-0.1, -0.05) is 15.9 Å². The molecule has 0 spiro atoms. The van der Waals surface area contributed by atoms with Gasteiger partial charge >= 0.3 is 0 Å². The Balaban J connectivity index is 0.00000176. The van der Waals surface area contributed by atoms with Crippen LogP contribution in [0.5, 0.6) is 11.5 Å². The van der Waals surface area contributed by atoms with Gasteiger partial charge in [-0.25, -0.2) is 0 Å². The smallest absolute Gasteiger partial charge is 0.224 e. The van der Waals surface area contributed by atoms with E-state index in [0.29, 0.717) is 13.2 Å². The lowest BCUT2D eigenvalue weighted by Gasteiger charge is -2.23. The van der Waals surface area contributed by atoms with Crippen molar-refractivity contribution in [3.63, 3.8) is 0 Å². The molecule has 7 heteroatoms. The summed E-state index contributed by atoms with van der Waals surface area (Å²) in [4.78, 5) is 12.2. The van der Waals surface area contributed by atoms with Crippen LogP contribution in [-0.2, 0) is 4.79 Å². The first kappa shape index (κ1) is 17.4. The Morgan fingerprint density at radius 2 is 2.05 bits per heavy atom. The number of benzene rings is 1. The average molecular weight is 392 g/mol. The average Bonchev–Trinajstić information content (AvgIpc) is 3.00. The third-order valence-electron chi connectivity index (χ3n) is 3.92. The largest absolute Gasteiger partial charge is 0.486 e. The van der Waals surface area contributed by atoms with E-state index in [2.05, 4.69) is 26.6 Å². The Kier molecular flexibility index (Phi) is 5.94. The SMILES string of the molecule is CC(NC(=O)C1CCNC1)c1cc2c(cc1Br)OCCO2.Cl. The molecule has 1 amide bonds. The molecular formula is C15H20BrClN2O3. The lowest BCUT2D eigenvalue weighted by Crippen LogP contribution is -2.34. The number of hydrogen-bond acceptors (Lipinski definition) is 4. The Hall–Kier alpha value is -0.980. The highest BCUT2D eigenvalue weighted by atomic mass is 79.9. The highest BCUT2D eigenvalue weighted by molar-refractivity contribution is 9.10. The van der Waals surface area contributed by atoms with Crippen molar-refractivity contribution in [2.75, 3.05) is 26.3 Å². The molecule has 2 unspecified atom stereocenters. The predicted molar refractivity (Wildman–Crippen MR) is 89.9 cm³/mol. The Morgan fingerprint density at radius 3 is 2.68 bits per heavy atom. The number of rotatable bonds is 3. The first-order chi connectivity index (χ1) is 10.1. The molecule has 5 nitrogen and oxygen atoms in total. The van der Waals surface area contributed by atoms with Gasteiger partial charge in [-0.2, -0.15) is 0 Å². The van der Waals surface area contributed by atoms with Gasteiger partial charge in [0.15, 0.2) is 11.5 Å². The molecular weight excluding hydrogens is 372 g/mol. The van der Waals surface area contributed by atoms with Crippen LogP contribution in [0.2, 0.25) is 0 Å². The second kappa shape index (κ2) is 7.53. The minimum Gasteiger partial charge on any atom is -0.486 e. The molecule has 0 saturated carbocycles. The summed E-state index contributed by atoms with van der Waals surface area (Å²) in [7, 11) is 0. The first-order valence-corrected chi connectivity index (χ1v) is 8.04. The monoisotopic (exact) mass is 390 g/mol. The standard InChI is InChI=1S/C15H19BrN2O3.ClH/c1-9(18-15(19)10-2-3-17-8-10)11-6-13-14(7-12(11)16)21-5-4-20-13;/h6-7,9-10,17H,2-5,8H2,1H3,(H,18,19);1H. The van der Waals surface area contributed by atoms with Crippen LogP contribution in [0, 0.1) is 5.92 Å². The van der Waals surface area contributed by atoms with Gasteiger partial charge in [0.1, 0.15) is 13.2 Å². The number of ether oxygens (including phenoxy) is 2. The van der Waals surface area contributed by atoms with Gasteiger partial charge in [0, 0.05) is 11.0 Å². The van der Waals surface area contributed by atoms with E-state index in [1.807, 2.05) is 19.1 Å². The summed E-state index contributed by atoms with van der Waals surface area (Å²) in [5.74, 6) is 1.66. The number of fused-ring (bicyclic) bond motifs is 1. The van der Waals surface area contributed by atoms with E-state index < -0.39 is 0 Å². The summed E-state index contributed by atoms with van der Waals surface area (Å²) in [6, 6.07) is 3.77. The number of carbonyl (C=O) groups is 1. The fourth-order valence-electron chi connectivity index (χ4n) is 2.70. The fraction of sp³-hybridized carbons (Fsp3) is 0.533. The van der Waals surface area contributed by atoms with Gasteiger partial charge in [0.2, 0.25) is 5.91 Å². The summed E-state index contributed by atoms with van der Waals surface area (Å²) >= 11 is 3.55. The highest BCUT2D eigenvalue weighted by Crippen LogP contribution is 2.37. The van der Waals surface area contributed by atoms with Crippen LogP contribution in [-0.4, -0.2) is 32.2 Å². The van der Waals surface area contributed by atoms with Gasteiger partial charge in [-0.15, -0.1) is 12.4 Å². The Bertz CT molecular complexity index is 550. The van der Waals surface area contributed by atoms with Crippen molar-refractivity contribution in [1.82, 2.24) is 10.6 Å². The van der Waals surface area contributed by atoms with Gasteiger partial charge in [-0.3, -0.25) is 4.79 Å². The third kappa shape index (κ3) is 3.67. The molecule has 0 aliphatic carbocycles. The van der Waals surface area contributed by atoms with E-state index in [9.17, 15) is 4.79 Å². The molecule has 1 saturated heterocycles. The van der Waals surface area contributed by atoms with Crippen molar-refractivity contribution in [1.29, 1.82) is 0 Å². The molecule has 3 rings (SSSR count). The first-order valence-electron chi connectivity index (χ1n) is 7.25. The quantitative estimate of drug-likeness (QED) is 0.831. The molecule has 2 N–H and O–H groups in total. The fourth-order valence-corrected chi connectivity index (χ4v) is 3.36. The predicted octanol–water partition coefficient (Wildman–Crippen LogP) is 2.43. The second-order valence-electron chi connectivity index (χ2n) is 5.44. The van der Waals surface area contributed by atoms with Crippen molar-refractivity contribution in [2.24, 2.45) is 5.92 Å². The molecule has 2 aliphatic rings. The van der Waals surface area contributed by atoms with Gasteiger partial charge in [-0.05, 0) is 37.6 Å². The zero-order valence-electron chi connectivity index (χ0n) is 12.4. The summed E-state index contributed by atoms with van der Waals surface area (Å²) in [6.07, 6.45) is 0.904. The molecule has 1 aromatic rings. The van der Waals surface area contributed by atoms with Gasteiger partial charge < -0.3 is 20.1 Å². The summed E-state index contributed by atoms with van der Waals surface area (Å²) in [5, 5.41) is 6.29. The van der Waals surface area contributed by atoms with Crippen LogP contribution in [0.3, 0.4) is 0 Å². The van der Waals surface area contributed by atoms with E-state index in [1.165, 1.54) is 0 Å². The van der Waals surface area contributed by atoms with Crippen molar-refractivity contribution >= 4 is 34.2 Å². The van der Waals surface area contributed by atoms with E-state index in [1.54, 1.807) is 0 Å². The van der Waals surface area contributed by atoms with Crippen LogP contribution >= 0.6 is 28.3 Å². The van der Waals surface area contributed by atoms with Crippen molar-refractivity contribution in [3.8, 4) is 11.5 Å². The topological polar surface area (TPSA) is 59.6 Å². The van der Waals surface area contributed by atoms with Crippen LogP contribution in [0.4, 0.5) is 0 Å². The number of hydrogen-bond donors (Lipinski definition) is 2. The maximum absolute atomic E-state index is 12.2. The van der Waals surface area contributed by atoms with E-state index >= 15 is 0 Å². The minimum absolute atomic E-state index is 0. The van der Waals surface area contributed by atoms with Crippen molar-refractivity contribution in [2.45, 2.75) is 19.4 Å². The summed E-state index contributed by atoms with van der Waals surface area (Å²) in [5.41, 5.74) is 0.999. The second-order valence-corrected chi connectivity index (χ2v) is 6.29. The highest BCUT2D eigenvalue weighted by Gasteiger charge is 2.25. The number of amides is 1. The lowest BCUT2D eigenvalue weighted by atomic mass is 10.0. The molecule has 1 aromatic carbocycles. The summed E-state index contributed by atoms with van der Waals surface area (Å²) in [6.45, 7) is 4.79. The number of carbonyl (C=O) groups excluding carboxylic acids is 1. The molecule has 22 heavy (non-hydrogen) atoms. The van der Waals surface area contributed by atoms with Crippen molar-refractivity contribution < 1.29 is 14.3 Å². The van der Waals surface area contributed by atoms with Crippen molar-refractivity contribution in [3.05, 3.63) is 22.2 Å². The van der Waals surface area contributed by atoms with Crippen LogP contribution in [0.1, 0.15) is 24.9 Å². The van der Waals surface area contributed by atoms with Crippen LogP contribution in [0.25, 0.3) is 0 Å². The molecule has 2 heterocycles. The molecule has 0 aromatic heterocycles. The molecule has 1 fully saturated rings. The molecule has 0 bridgehead atoms. The normalized spacial score (nSPS) is 20.9. The zero-order valence-corrected chi connectivity index (χ0v) is 14.8. The Morgan fingerprint density at radius 1 is 1.36 bits per heavy atom. The maximum Gasteiger partial charge on any atom is 0.224 e. The molecule has 2 atom stereocenters. The lowest BCUT2D eigenvalue weighted by molar-refractivity contribution is -0.125. The molecule has 2 aliphatic heterocycles. The minimum atomic E-state index is -0.0803. The van der Waals surface area contributed by atoms with Gasteiger partial charge in [0.25, 0.3) is 0 Å². The third-order valence-corrected chi connectivity index (χ3v) is 4.60. The van der Waals surface area contributed by atoms with Gasteiger partial charge in [0.05, 0.1) is 12.0 Å². The number of nitrogens with one attached hydrogen (secondary N) is 2. The maximum atomic E-state index is 12.2. The van der Waals surface area contributed by atoms with E-state index in [0.717, 1.165) is 41.0 Å². The van der Waals surface area contributed by atoms with Crippen LogP contribution < -0.4 is 20.1 Å². The van der Waals surface area contributed by atoms with E-state index in [-0.39, 0.29) is 30.3 Å². The Labute approximate surface area is 144 Å². The molecule has 122 valence electrons. The summed E-state index contributed by atoms with van der Waals surface area (Å²) < 4.78 is 12.1.